The van der Waals surface area contributed by atoms with Gasteiger partial charge in [-0.05, 0) is 114 Å². The van der Waals surface area contributed by atoms with Gasteiger partial charge in [-0.1, -0.05) is 68.8 Å². The number of nitrogens with zero attached hydrogens (tertiary/aromatic N) is 1. The predicted molar refractivity (Wildman–Crippen MR) is 245 cm³/mol. The molecule has 0 spiro atoms. The number of cyclic esters (lactones) is 1. The molecule has 1 aliphatic carbocycles. The van der Waals surface area contributed by atoms with Crippen LogP contribution in [0.25, 0.3) is 0 Å². The molecule has 1 aromatic carbocycles. The molecule has 2 bridgehead atoms. The van der Waals surface area contributed by atoms with Crippen LogP contribution in [0, 0.1) is 29.6 Å². The van der Waals surface area contributed by atoms with Crippen LogP contribution in [0.15, 0.2) is 78.4 Å². The van der Waals surface area contributed by atoms with Crippen molar-refractivity contribution in [2.45, 2.75) is 147 Å². The average Bonchev–Trinajstić information content (AvgIpc) is 3.29. The largest absolute Gasteiger partial charge is 0.456 e. The van der Waals surface area contributed by atoms with E-state index in [2.05, 4.69) is 18.8 Å². The highest BCUT2D eigenvalue weighted by atomic mass is 16.7. The monoisotopic (exact) mass is 905 g/mol. The van der Waals surface area contributed by atoms with Crippen LogP contribution in [-0.2, 0) is 47.6 Å². The number of Topliss-reactive ketones (excluding diaryl/α,β-unsaturated/α-hetero) is 1. The number of ketones is 2. The molecule has 13 atom stereocenters. The fourth-order valence-electron chi connectivity index (χ4n) is 10.0. The minimum absolute atomic E-state index is 0.0277. The Labute approximate surface area is 385 Å². The van der Waals surface area contributed by atoms with Crippen molar-refractivity contribution < 1.29 is 57.5 Å². The first kappa shape index (κ1) is 51.5. The molecule has 2 N–H and O–H groups in total. The standard InChI is InChI=1S/C51H72N2O12/c1-10-16-37-26-31(2)25-32(3)27-43(61-8)46-44(62-9)29-35(6)51(59,65-46)47(55)48(56)53-24-15-14-19-39(53)49(57)64-45(33(4)20-22-40(37)54)34(5)28-36-21-23-41(42(30-36)60-7)63-50(58)52-38-17-12-11-13-18-38/h10-13,17-18,20,22,26,28,32-33,35-37,39,41-46,59H,1,14-16,19,21,23-25,27,29-30H2,2-9H3,(H,52,58). The molecule has 2 saturated heterocycles. The summed E-state index contributed by atoms with van der Waals surface area (Å²) in [7, 11) is 4.65. The van der Waals surface area contributed by atoms with Crippen LogP contribution in [-0.4, -0.2) is 116 Å². The van der Waals surface area contributed by atoms with Gasteiger partial charge in [0, 0.05) is 51.3 Å². The number of nitrogens with one attached hydrogen (secondary N) is 1. The number of esters is 1. The number of hydrogen-bond acceptors (Lipinski definition) is 12. The Kier molecular flexibility index (Phi) is 18.9. The summed E-state index contributed by atoms with van der Waals surface area (Å²) in [6.07, 6.45) is 9.51. The van der Waals surface area contributed by atoms with Gasteiger partial charge in [-0.25, -0.2) is 9.59 Å². The zero-order valence-electron chi connectivity index (χ0n) is 39.6. The number of methoxy groups -OCH3 is 3. The van der Waals surface area contributed by atoms with E-state index in [1.54, 1.807) is 44.4 Å². The number of aliphatic hydroxyl groups is 1. The molecule has 65 heavy (non-hydrogen) atoms. The highest BCUT2D eigenvalue weighted by molar-refractivity contribution is 6.39. The van der Waals surface area contributed by atoms with Gasteiger partial charge in [-0.2, -0.15) is 0 Å². The number of allylic oxidation sites excluding steroid dienone is 5. The van der Waals surface area contributed by atoms with Gasteiger partial charge >= 0.3 is 12.1 Å². The van der Waals surface area contributed by atoms with Crippen LogP contribution in [0.1, 0.15) is 98.8 Å². The third-order valence-corrected chi connectivity index (χ3v) is 13.6. The summed E-state index contributed by atoms with van der Waals surface area (Å²) < 4.78 is 36.1. The molecular weight excluding hydrogens is 833 g/mol. The van der Waals surface area contributed by atoms with E-state index in [0.717, 1.165) is 11.1 Å². The number of ether oxygens (including phenoxy) is 6. The Bertz CT molecular complexity index is 1910. The van der Waals surface area contributed by atoms with Crippen molar-refractivity contribution in [2.75, 3.05) is 33.2 Å². The number of carbonyl (C=O) groups excluding carboxylic acids is 5. The molecule has 1 saturated carbocycles. The molecular formula is C51H72N2O12. The lowest BCUT2D eigenvalue weighted by Crippen LogP contribution is -2.64. The smallest absolute Gasteiger partial charge is 0.411 e. The predicted octanol–water partition coefficient (Wildman–Crippen LogP) is 7.70. The molecule has 1 aromatic rings. The summed E-state index contributed by atoms with van der Waals surface area (Å²) in [5.41, 5.74) is 2.34. The molecule has 2 amide bonds. The van der Waals surface area contributed by atoms with Crippen LogP contribution >= 0.6 is 0 Å². The van der Waals surface area contributed by atoms with Gasteiger partial charge < -0.3 is 38.4 Å². The van der Waals surface area contributed by atoms with Crippen molar-refractivity contribution in [3.63, 3.8) is 0 Å². The number of para-hydroxylation sites is 1. The van der Waals surface area contributed by atoms with E-state index in [1.807, 2.05) is 51.1 Å². The molecule has 13 unspecified atom stereocenters. The second-order valence-electron chi connectivity index (χ2n) is 18.7. The summed E-state index contributed by atoms with van der Waals surface area (Å²) in [4.78, 5) is 71.1. The fourth-order valence-corrected chi connectivity index (χ4v) is 10.0. The van der Waals surface area contributed by atoms with Gasteiger partial charge in [-0.15, -0.1) is 6.58 Å². The Morgan fingerprint density at radius 3 is 2.31 bits per heavy atom. The minimum atomic E-state index is -2.51. The zero-order chi connectivity index (χ0) is 47.4. The fraction of sp³-hybridized carbons (Fsp3) is 0.627. The van der Waals surface area contributed by atoms with Crippen molar-refractivity contribution in [2.24, 2.45) is 29.6 Å². The number of amides is 2. The van der Waals surface area contributed by atoms with Crippen molar-refractivity contribution in [3.8, 4) is 0 Å². The van der Waals surface area contributed by atoms with Gasteiger partial charge in [0.25, 0.3) is 11.7 Å². The molecule has 3 fully saturated rings. The lowest BCUT2D eigenvalue weighted by atomic mass is 9.82. The third-order valence-electron chi connectivity index (χ3n) is 13.6. The van der Waals surface area contributed by atoms with Crippen molar-refractivity contribution in [1.29, 1.82) is 0 Å². The lowest BCUT2D eigenvalue weighted by molar-refractivity contribution is -0.302. The van der Waals surface area contributed by atoms with Crippen molar-refractivity contribution >= 4 is 35.2 Å². The van der Waals surface area contributed by atoms with Crippen LogP contribution in [0.5, 0.6) is 0 Å². The molecule has 14 nitrogen and oxygen atoms in total. The average molecular weight is 905 g/mol. The second-order valence-corrected chi connectivity index (χ2v) is 18.7. The lowest BCUT2D eigenvalue weighted by Gasteiger charge is -2.47. The van der Waals surface area contributed by atoms with Crippen LogP contribution in [0.4, 0.5) is 10.5 Å². The van der Waals surface area contributed by atoms with Crippen LogP contribution in [0.2, 0.25) is 0 Å². The first-order chi connectivity index (χ1) is 31.0. The summed E-state index contributed by atoms with van der Waals surface area (Å²) >= 11 is 0. The molecule has 0 aromatic heterocycles. The molecule has 0 radical (unpaired) electrons. The topological polar surface area (TPSA) is 176 Å². The number of hydrogen-bond donors (Lipinski definition) is 2. The molecule has 358 valence electrons. The van der Waals surface area contributed by atoms with E-state index < -0.39 is 90.0 Å². The van der Waals surface area contributed by atoms with E-state index in [-0.39, 0.29) is 37.0 Å². The number of rotatable bonds is 9. The Balaban J connectivity index is 1.47. The number of fused-ring (bicyclic) bond motifs is 3. The molecule has 3 heterocycles. The van der Waals surface area contributed by atoms with Crippen molar-refractivity contribution in [3.05, 3.63) is 78.4 Å². The Morgan fingerprint density at radius 2 is 1.63 bits per heavy atom. The van der Waals surface area contributed by atoms with E-state index >= 15 is 0 Å². The number of carbonyl (C=O) groups is 5. The van der Waals surface area contributed by atoms with E-state index in [1.165, 1.54) is 19.1 Å². The maximum absolute atomic E-state index is 14.5. The summed E-state index contributed by atoms with van der Waals surface area (Å²) in [6.45, 7) is 13.4. The highest BCUT2D eigenvalue weighted by Gasteiger charge is 2.56. The Hall–Kier alpha value is -4.47. The third kappa shape index (κ3) is 13.1. The van der Waals surface area contributed by atoms with Gasteiger partial charge in [-0.3, -0.25) is 19.7 Å². The van der Waals surface area contributed by atoms with Gasteiger partial charge in [0.2, 0.25) is 5.79 Å². The van der Waals surface area contributed by atoms with Gasteiger partial charge in [0.1, 0.15) is 24.4 Å². The zero-order valence-corrected chi connectivity index (χ0v) is 39.6. The minimum Gasteiger partial charge on any atom is -0.456 e. The van der Waals surface area contributed by atoms with E-state index in [0.29, 0.717) is 57.1 Å². The highest BCUT2D eigenvalue weighted by Crippen LogP contribution is 2.39. The van der Waals surface area contributed by atoms with Gasteiger partial charge in [0.15, 0.2) is 5.78 Å². The molecule has 14 heteroatoms. The Morgan fingerprint density at radius 1 is 0.938 bits per heavy atom. The number of piperidine rings is 1. The first-order valence-electron chi connectivity index (χ1n) is 23.3. The summed E-state index contributed by atoms with van der Waals surface area (Å²) in [5.74, 6) is -7.31. The number of anilines is 1. The first-order valence-corrected chi connectivity index (χ1v) is 23.3. The SMILES string of the molecule is C=CCC1C=C(C)CC(C)CC(OC)C2OC(O)(C(=O)C(=O)N3CCCCC3C(=O)OC(C(C)=CC3CCC(OC(=O)Nc4ccccc4)C(OC)C3)C(C)C=CC1=O)C(C)CC2OC. The number of benzene rings is 1. The maximum Gasteiger partial charge on any atom is 0.411 e. The van der Waals surface area contributed by atoms with Crippen LogP contribution < -0.4 is 5.32 Å². The quantitative estimate of drug-likeness (QED) is 0.141. The molecule has 3 aliphatic heterocycles. The molecule has 5 rings (SSSR count). The van der Waals surface area contributed by atoms with E-state index in [9.17, 15) is 29.1 Å². The summed E-state index contributed by atoms with van der Waals surface area (Å²) in [6, 6.07) is 7.94. The molecule has 4 aliphatic rings. The van der Waals surface area contributed by atoms with Gasteiger partial charge in [0.05, 0.1) is 18.3 Å². The van der Waals surface area contributed by atoms with Crippen LogP contribution in [0.3, 0.4) is 0 Å². The maximum atomic E-state index is 14.5. The summed E-state index contributed by atoms with van der Waals surface area (Å²) in [5, 5.41) is 14.9. The van der Waals surface area contributed by atoms with E-state index in [4.69, 9.17) is 28.4 Å². The van der Waals surface area contributed by atoms with Crippen molar-refractivity contribution in [1.82, 2.24) is 4.90 Å². The normalized spacial score (nSPS) is 34.9. The second kappa shape index (κ2) is 23.8.